The first-order valence-corrected chi connectivity index (χ1v) is 5.32. The molecule has 0 aliphatic rings. The van der Waals surface area contributed by atoms with E-state index in [1.54, 1.807) is 0 Å². The van der Waals surface area contributed by atoms with Gasteiger partial charge in [0.25, 0.3) is 0 Å². The van der Waals surface area contributed by atoms with Gasteiger partial charge >= 0.3 is 5.97 Å². The Hall–Kier alpha value is -1.01. The highest BCUT2D eigenvalue weighted by atomic mass is 35.5. The van der Waals surface area contributed by atoms with Crippen LogP contribution in [-0.2, 0) is 9.53 Å². The number of methoxy groups -OCH3 is 1. The third-order valence-corrected chi connectivity index (χ3v) is 2.81. The largest absolute Gasteiger partial charge is 0.467 e. The molecule has 1 rings (SSSR count). The summed E-state index contributed by atoms with van der Waals surface area (Å²) < 4.78 is 4.30. The van der Waals surface area contributed by atoms with Gasteiger partial charge in [-0.1, -0.05) is 23.2 Å². The van der Waals surface area contributed by atoms with E-state index >= 15 is 0 Å². The van der Waals surface area contributed by atoms with E-state index in [9.17, 15) is 15.0 Å². The SMILES string of the molecule is COC(=O)C(O)C(O)c1cc(Cl)c(N)c(Cl)c1. The molecule has 0 bridgehead atoms. The molecule has 2 unspecified atom stereocenters. The van der Waals surface area contributed by atoms with Crippen molar-refractivity contribution in [1.82, 2.24) is 0 Å². The lowest BCUT2D eigenvalue weighted by atomic mass is 10.0. The van der Waals surface area contributed by atoms with E-state index in [1.165, 1.54) is 12.1 Å². The summed E-state index contributed by atoms with van der Waals surface area (Å²) in [6, 6.07) is 2.64. The van der Waals surface area contributed by atoms with Crippen LogP contribution in [-0.4, -0.2) is 29.4 Å². The van der Waals surface area contributed by atoms with Crippen LogP contribution in [0.4, 0.5) is 5.69 Å². The smallest absolute Gasteiger partial charge is 0.337 e. The monoisotopic (exact) mass is 279 g/mol. The molecule has 0 spiro atoms. The van der Waals surface area contributed by atoms with Gasteiger partial charge in [0, 0.05) is 0 Å². The molecule has 94 valence electrons. The van der Waals surface area contributed by atoms with Crippen LogP contribution in [0.5, 0.6) is 0 Å². The Morgan fingerprint density at radius 3 is 2.24 bits per heavy atom. The quantitative estimate of drug-likeness (QED) is 0.570. The van der Waals surface area contributed by atoms with Gasteiger partial charge in [0.15, 0.2) is 6.10 Å². The second-order valence-electron chi connectivity index (χ2n) is 3.31. The molecule has 17 heavy (non-hydrogen) atoms. The van der Waals surface area contributed by atoms with Crippen molar-refractivity contribution >= 4 is 34.9 Å². The minimum atomic E-state index is -1.71. The Morgan fingerprint density at radius 1 is 1.35 bits per heavy atom. The van der Waals surface area contributed by atoms with E-state index in [-0.39, 0.29) is 21.3 Å². The number of nitrogen functional groups attached to an aromatic ring is 1. The summed E-state index contributed by atoms with van der Waals surface area (Å²) in [4.78, 5) is 11.0. The van der Waals surface area contributed by atoms with Gasteiger partial charge in [0.1, 0.15) is 6.10 Å². The van der Waals surface area contributed by atoms with Gasteiger partial charge in [-0.2, -0.15) is 0 Å². The summed E-state index contributed by atoms with van der Waals surface area (Å²) >= 11 is 11.5. The maximum absolute atomic E-state index is 11.0. The maximum Gasteiger partial charge on any atom is 0.337 e. The number of hydrogen-bond donors (Lipinski definition) is 3. The van der Waals surface area contributed by atoms with E-state index in [1.807, 2.05) is 0 Å². The van der Waals surface area contributed by atoms with E-state index in [2.05, 4.69) is 4.74 Å². The van der Waals surface area contributed by atoms with Gasteiger partial charge in [0.2, 0.25) is 0 Å². The summed E-state index contributed by atoms with van der Waals surface area (Å²) in [5, 5.41) is 19.4. The molecule has 7 heteroatoms. The fraction of sp³-hybridized carbons (Fsp3) is 0.300. The third kappa shape index (κ3) is 3.01. The van der Waals surface area contributed by atoms with Gasteiger partial charge in [-0.05, 0) is 17.7 Å². The standard InChI is InChI=1S/C10H11Cl2NO4/c1-17-10(16)9(15)8(14)4-2-5(11)7(13)6(12)3-4/h2-3,8-9,14-15H,13H2,1H3. The molecule has 0 saturated carbocycles. The van der Waals surface area contributed by atoms with Gasteiger partial charge in [-0.3, -0.25) is 0 Å². The first-order valence-electron chi connectivity index (χ1n) is 4.56. The zero-order valence-electron chi connectivity index (χ0n) is 8.85. The van der Waals surface area contributed by atoms with E-state index in [0.29, 0.717) is 0 Å². The maximum atomic E-state index is 11.0. The lowest BCUT2D eigenvalue weighted by Crippen LogP contribution is -2.29. The first-order chi connectivity index (χ1) is 7.88. The van der Waals surface area contributed by atoms with Crippen LogP contribution < -0.4 is 5.73 Å². The van der Waals surface area contributed by atoms with Crippen molar-refractivity contribution in [2.45, 2.75) is 12.2 Å². The number of ether oxygens (including phenoxy) is 1. The molecule has 0 radical (unpaired) electrons. The first kappa shape index (κ1) is 14.1. The Kier molecular flexibility index (Phi) is 4.59. The summed E-state index contributed by atoms with van der Waals surface area (Å²) in [5.41, 5.74) is 5.85. The Balaban J connectivity index is 3.04. The normalized spacial score (nSPS) is 14.2. The molecular weight excluding hydrogens is 269 g/mol. The van der Waals surface area contributed by atoms with Crippen LogP contribution in [0.15, 0.2) is 12.1 Å². The predicted molar refractivity (Wildman–Crippen MR) is 63.9 cm³/mol. The zero-order valence-corrected chi connectivity index (χ0v) is 10.4. The highest BCUT2D eigenvalue weighted by Gasteiger charge is 2.27. The number of nitrogens with two attached hydrogens (primary N) is 1. The lowest BCUT2D eigenvalue weighted by Gasteiger charge is -2.17. The number of carbonyl (C=O) groups excluding carboxylic acids is 1. The molecule has 0 heterocycles. The van der Waals surface area contributed by atoms with Gasteiger partial charge in [-0.15, -0.1) is 0 Å². The number of carbonyl (C=O) groups is 1. The van der Waals surface area contributed by atoms with Crippen LogP contribution in [0.1, 0.15) is 11.7 Å². The minimum absolute atomic E-state index is 0.128. The minimum Gasteiger partial charge on any atom is -0.467 e. The molecule has 4 N–H and O–H groups in total. The third-order valence-electron chi connectivity index (χ3n) is 2.18. The molecule has 0 aliphatic heterocycles. The van der Waals surface area contributed by atoms with E-state index in [0.717, 1.165) is 7.11 Å². The van der Waals surface area contributed by atoms with Crippen LogP contribution in [0.3, 0.4) is 0 Å². The number of rotatable bonds is 3. The fourth-order valence-electron chi connectivity index (χ4n) is 1.21. The van der Waals surface area contributed by atoms with Crippen LogP contribution >= 0.6 is 23.2 Å². The lowest BCUT2D eigenvalue weighted by molar-refractivity contribution is -0.156. The average Bonchev–Trinajstić information content (AvgIpc) is 2.32. The number of anilines is 1. The van der Waals surface area contributed by atoms with Gasteiger partial charge < -0.3 is 20.7 Å². The average molecular weight is 280 g/mol. The van der Waals surface area contributed by atoms with Crippen LogP contribution in [0, 0.1) is 0 Å². The van der Waals surface area contributed by atoms with E-state index < -0.39 is 18.2 Å². The molecule has 0 aliphatic carbocycles. The molecule has 0 fully saturated rings. The number of benzene rings is 1. The number of aliphatic hydroxyl groups excluding tert-OH is 2. The second kappa shape index (κ2) is 5.55. The number of hydrogen-bond acceptors (Lipinski definition) is 5. The van der Waals surface area contributed by atoms with Crippen LogP contribution in [0.2, 0.25) is 10.0 Å². The Labute approximate surface area is 108 Å². The van der Waals surface area contributed by atoms with Crippen molar-refractivity contribution < 1.29 is 19.7 Å². The highest BCUT2D eigenvalue weighted by molar-refractivity contribution is 6.38. The fourth-order valence-corrected chi connectivity index (χ4v) is 1.71. The highest BCUT2D eigenvalue weighted by Crippen LogP contribution is 2.32. The molecule has 0 aromatic heterocycles. The molecule has 0 amide bonds. The Bertz CT molecular complexity index is 415. The molecular formula is C10H11Cl2NO4. The number of aliphatic hydroxyl groups is 2. The van der Waals surface area contributed by atoms with E-state index in [4.69, 9.17) is 28.9 Å². The van der Waals surface area contributed by atoms with Crippen molar-refractivity contribution in [3.8, 4) is 0 Å². The zero-order chi connectivity index (χ0) is 13.2. The summed E-state index contributed by atoms with van der Waals surface area (Å²) in [5.74, 6) is -0.957. The molecule has 5 nitrogen and oxygen atoms in total. The van der Waals surface area contributed by atoms with Gasteiger partial charge in [0.05, 0.1) is 22.8 Å². The van der Waals surface area contributed by atoms with Crippen molar-refractivity contribution in [3.63, 3.8) is 0 Å². The molecule has 1 aromatic carbocycles. The Morgan fingerprint density at radius 2 is 1.82 bits per heavy atom. The molecule has 2 atom stereocenters. The van der Waals surface area contributed by atoms with Gasteiger partial charge in [-0.25, -0.2) is 4.79 Å². The topological polar surface area (TPSA) is 92.8 Å². The second-order valence-corrected chi connectivity index (χ2v) is 4.13. The molecule has 1 aromatic rings. The van der Waals surface area contributed by atoms with Crippen molar-refractivity contribution in [3.05, 3.63) is 27.7 Å². The summed E-state index contributed by atoms with van der Waals surface area (Å²) in [7, 11) is 1.10. The number of halogens is 2. The van der Waals surface area contributed by atoms with Crippen molar-refractivity contribution in [1.29, 1.82) is 0 Å². The number of esters is 1. The summed E-state index contributed by atoms with van der Waals surface area (Å²) in [6.07, 6.45) is -3.20. The van der Waals surface area contributed by atoms with Crippen LogP contribution in [0.25, 0.3) is 0 Å². The predicted octanol–water partition coefficient (Wildman–Crippen LogP) is 1.14. The molecule has 0 saturated heterocycles. The summed E-state index contributed by atoms with van der Waals surface area (Å²) in [6.45, 7) is 0. The van der Waals surface area contributed by atoms with Crippen molar-refractivity contribution in [2.24, 2.45) is 0 Å². The van der Waals surface area contributed by atoms with Crippen molar-refractivity contribution in [2.75, 3.05) is 12.8 Å².